The molecule has 0 aromatic rings. The molecule has 0 radical (unpaired) electrons. The molecule has 0 bridgehead atoms. The Kier molecular flexibility index (Phi) is 7.01. The molecule has 2 atom stereocenters. The van der Waals surface area contributed by atoms with Crippen molar-refractivity contribution < 1.29 is 4.74 Å². The molecule has 1 N–H and O–H groups in total. The summed E-state index contributed by atoms with van der Waals surface area (Å²) in [4.78, 5) is 0. The monoisotopic (exact) mass is 295 g/mol. The van der Waals surface area contributed by atoms with Crippen LogP contribution in [0.2, 0.25) is 0 Å². The second-order valence-electron chi connectivity index (χ2n) is 7.63. The van der Waals surface area contributed by atoms with Gasteiger partial charge in [-0.15, -0.1) is 0 Å². The van der Waals surface area contributed by atoms with Crippen molar-refractivity contribution in [2.45, 2.75) is 96.7 Å². The molecule has 124 valence electrons. The van der Waals surface area contributed by atoms with Gasteiger partial charge in [0.1, 0.15) is 0 Å². The Labute approximate surface area is 132 Å². The van der Waals surface area contributed by atoms with Crippen molar-refractivity contribution in [1.82, 2.24) is 5.32 Å². The maximum absolute atomic E-state index is 6.81. The van der Waals surface area contributed by atoms with Crippen LogP contribution in [0.3, 0.4) is 0 Å². The Morgan fingerprint density at radius 2 is 1.76 bits per heavy atom. The first-order valence-corrected chi connectivity index (χ1v) is 9.57. The average Bonchev–Trinajstić information content (AvgIpc) is 2.51. The van der Waals surface area contributed by atoms with Gasteiger partial charge in [0.05, 0.1) is 11.7 Å². The molecule has 0 spiro atoms. The molecule has 0 heterocycles. The smallest absolute Gasteiger partial charge is 0.0810 e. The molecule has 2 aliphatic carbocycles. The zero-order chi connectivity index (χ0) is 15.1. The van der Waals surface area contributed by atoms with Crippen molar-refractivity contribution in [2.75, 3.05) is 13.1 Å². The summed E-state index contributed by atoms with van der Waals surface area (Å²) in [6.07, 6.45) is 13.8. The van der Waals surface area contributed by atoms with Crippen molar-refractivity contribution in [3.63, 3.8) is 0 Å². The highest BCUT2D eigenvalue weighted by Gasteiger charge is 2.39. The Hall–Kier alpha value is -0.0800. The van der Waals surface area contributed by atoms with Crippen LogP contribution in [0.25, 0.3) is 0 Å². The highest BCUT2D eigenvalue weighted by molar-refractivity contribution is 4.91. The van der Waals surface area contributed by atoms with Crippen molar-refractivity contribution in [3.05, 3.63) is 0 Å². The van der Waals surface area contributed by atoms with E-state index in [0.29, 0.717) is 6.10 Å². The molecule has 0 aromatic carbocycles. The Morgan fingerprint density at radius 3 is 2.38 bits per heavy atom. The molecule has 0 aromatic heterocycles. The second kappa shape index (κ2) is 8.53. The number of ether oxygens (including phenoxy) is 1. The summed E-state index contributed by atoms with van der Waals surface area (Å²) in [5.41, 5.74) is 0.136. The van der Waals surface area contributed by atoms with E-state index in [1.54, 1.807) is 0 Å². The van der Waals surface area contributed by atoms with Gasteiger partial charge in [0.15, 0.2) is 0 Å². The van der Waals surface area contributed by atoms with Gasteiger partial charge in [-0.1, -0.05) is 40.0 Å². The molecule has 21 heavy (non-hydrogen) atoms. The molecule has 2 aliphatic rings. The third-order valence-corrected chi connectivity index (χ3v) is 5.90. The SMILES string of the molecule is CCCNCC1(OC2CCCCC2C)CCC(CC)CC1. The Balaban J connectivity index is 1.94. The van der Waals surface area contributed by atoms with Crippen LogP contribution in [-0.2, 0) is 4.74 Å². The van der Waals surface area contributed by atoms with Gasteiger partial charge in [-0.2, -0.15) is 0 Å². The fourth-order valence-electron chi connectivity index (χ4n) is 4.22. The molecular weight excluding hydrogens is 258 g/mol. The minimum Gasteiger partial charge on any atom is -0.370 e. The van der Waals surface area contributed by atoms with Gasteiger partial charge in [-0.05, 0) is 63.3 Å². The van der Waals surface area contributed by atoms with Crippen LogP contribution in [0.5, 0.6) is 0 Å². The zero-order valence-electron chi connectivity index (χ0n) is 14.6. The second-order valence-corrected chi connectivity index (χ2v) is 7.63. The summed E-state index contributed by atoms with van der Waals surface area (Å²) in [6.45, 7) is 9.19. The number of hydrogen-bond donors (Lipinski definition) is 1. The molecule has 0 aliphatic heterocycles. The molecule has 0 saturated heterocycles. The maximum Gasteiger partial charge on any atom is 0.0810 e. The van der Waals surface area contributed by atoms with Crippen molar-refractivity contribution in [2.24, 2.45) is 11.8 Å². The third-order valence-electron chi connectivity index (χ3n) is 5.90. The molecule has 2 saturated carbocycles. The van der Waals surface area contributed by atoms with Crippen molar-refractivity contribution in [3.8, 4) is 0 Å². The van der Waals surface area contributed by atoms with E-state index in [1.165, 1.54) is 64.2 Å². The highest BCUT2D eigenvalue weighted by Crippen LogP contribution is 2.39. The maximum atomic E-state index is 6.81. The highest BCUT2D eigenvalue weighted by atomic mass is 16.5. The topological polar surface area (TPSA) is 21.3 Å². The number of nitrogens with one attached hydrogen (secondary N) is 1. The van der Waals surface area contributed by atoms with Gasteiger partial charge in [-0.25, -0.2) is 0 Å². The minimum atomic E-state index is 0.136. The summed E-state index contributed by atoms with van der Waals surface area (Å²) in [6, 6.07) is 0. The van der Waals surface area contributed by atoms with Gasteiger partial charge in [0.2, 0.25) is 0 Å². The van der Waals surface area contributed by atoms with Crippen LogP contribution in [-0.4, -0.2) is 24.8 Å². The minimum absolute atomic E-state index is 0.136. The van der Waals surface area contributed by atoms with Crippen LogP contribution in [0, 0.1) is 11.8 Å². The first kappa shape index (κ1) is 17.3. The zero-order valence-corrected chi connectivity index (χ0v) is 14.6. The van der Waals surface area contributed by atoms with E-state index in [9.17, 15) is 0 Å². The van der Waals surface area contributed by atoms with Crippen LogP contribution < -0.4 is 5.32 Å². The van der Waals surface area contributed by atoms with Gasteiger partial charge >= 0.3 is 0 Å². The first-order chi connectivity index (χ1) is 10.2. The van der Waals surface area contributed by atoms with Crippen LogP contribution in [0.15, 0.2) is 0 Å². The average molecular weight is 296 g/mol. The Bertz CT molecular complexity index is 278. The summed E-state index contributed by atoms with van der Waals surface area (Å²) >= 11 is 0. The van der Waals surface area contributed by atoms with Crippen LogP contribution >= 0.6 is 0 Å². The lowest BCUT2D eigenvalue weighted by Crippen LogP contribution is -2.49. The standard InChI is InChI=1S/C19H37NO/c1-4-14-20-15-19(12-10-17(5-2)11-13-19)21-18-9-7-6-8-16(18)3/h16-18,20H,4-15H2,1-3H3. The van der Waals surface area contributed by atoms with Crippen LogP contribution in [0.1, 0.15) is 85.0 Å². The number of rotatable bonds is 7. The fourth-order valence-corrected chi connectivity index (χ4v) is 4.22. The van der Waals surface area contributed by atoms with E-state index in [0.717, 1.165) is 24.9 Å². The number of hydrogen-bond acceptors (Lipinski definition) is 2. The van der Waals surface area contributed by atoms with Crippen molar-refractivity contribution in [1.29, 1.82) is 0 Å². The lowest BCUT2D eigenvalue weighted by Gasteiger charge is -2.44. The van der Waals surface area contributed by atoms with E-state index in [2.05, 4.69) is 26.1 Å². The predicted molar refractivity (Wildman–Crippen MR) is 90.6 cm³/mol. The van der Waals surface area contributed by atoms with Crippen LogP contribution in [0.4, 0.5) is 0 Å². The molecule has 2 heteroatoms. The van der Waals surface area contributed by atoms with E-state index >= 15 is 0 Å². The lowest BCUT2D eigenvalue weighted by atomic mass is 9.77. The molecule has 2 rings (SSSR count). The van der Waals surface area contributed by atoms with E-state index in [1.807, 2.05) is 0 Å². The summed E-state index contributed by atoms with van der Waals surface area (Å²) in [7, 11) is 0. The summed E-state index contributed by atoms with van der Waals surface area (Å²) in [5, 5.41) is 3.66. The van der Waals surface area contributed by atoms with E-state index < -0.39 is 0 Å². The predicted octanol–water partition coefficient (Wildman–Crippen LogP) is 4.92. The van der Waals surface area contributed by atoms with Gasteiger partial charge in [0.25, 0.3) is 0 Å². The Morgan fingerprint density at radius 1 is 1.05 bits per heavy atom. The van der Waals surface area contributed by atoms with Gasteiger partial charge < -0.3 is 10.1 Å². The molecule has 2 nitrogen and oxygen atoms in total. The first-order valence-electron chi connectivity index (χ1n) is 9.57. The molecule has 0 amide bonds. The van der Waals surface area contributed by atoms with Crippen molar-refractivity contribution >= 4 is 0 Å². The van der Waals surface area contributed by atoms with E-state index in [-0.39, 0.29) is 5.60 Å². The lowest BCUT2D eigenvalue weighted by molar-refractivity contribution is -0.142. The fraction of sp³-hybridized carbons (Fsp3) is 1.00. The summed E-state index contributed by atoms with van der Waals surface area (Å²) < 4.78 is 6.81. The quantitative estimate of drug-likeness (QED) is 0.673. The molecule has 2 unspecified atom stereocenters. The molecular formula is C19H37NO. The van der Waals surface area contributed by atoms with Gasteiger partial charge in [0, 0.05) is 6.54 Å². The summed E-state index contributed by atoms with van der Waals surface area (Å²) in [5.74, 6) is 1.70. The third kappa shape index (κ3) is 4.96. The van der Waals surface area contributed by atoms with E-state index in [4.69, 9.17) is 4.74 Å². The van der Waals surface area contributed by atoms with Gasteiger partial charge in [-0.3, -0.25) is 0 Å². The molecule has 2 fully saturated rings. The normalized spacial score (nSPS) is 37.6. The largest absolute Gasteiger partial charge is 0.370 e.